The second-order valence-electron chi connectivity index (χ2n) is 5.56. The van der Waals surface area contributed by atoms with Gasteiger partial charge in [-0.05, 0) is 24.6 Å². The molecule has 0 bridgehead atoms. The fourth-order valence-electron chi connectivity index (χ4n) is 2.98. The first kappa shape index (κ1) is 13.9. The molecule has 1 heterocycles. The van der Waals surface area contributed by atoms with Crippen molar-refractivity contribution in [1.29, 1.82) is 0 Å². The van der Waals surface area contributed by atoms with Gasteiger partial charge in [-0.2, -0.15) is 0 Å². The summed E-state index contributed by atoms with van der Waals surface area (Å²) in [5, 5.41) is 13.8. The highest BCUT2D eigenvalue weighted by Gasteiger charge is 2.18. The largest absolute Gasteiger partial charge is 0.277 e. The molecule has 0 unspecified atom stereocenters. The summed E-state index contributed by atoms with van der Waals surface area (Å²) >= 11 is 1.69. The van der Waals surface area contributed by atoms with Gasteiger partial charge in [0.25, 0.3) is 5.69 Å². The second-order valence-corrected chi connectivity index (χ2v) is 6.61. The van der Waals surface area contributed by atoms with Gasteiger partial charge in [-0.1, -0.05) is 42.5 Å². The maximum atomic E-state index is 11.5. The Kier molecular flexibility index (Phi) is 3.13. The van der Waals surface area contributed by atoms with Gasteiger partial charge >= 0.3 is 0 Å². The number of thiophene rings is 1. The number of nitro benzene ring substituents is 1. The highest BCUT2D eigenvalue weighted by atomic mass is 32.1. The fourth-order valence-corrected chi connectivity index (χ4v) is 4.21. The summed E-state index contributed by atoms with van der Waals surface area (Å²) in [6, 6.07) is 19.7. The van der Waals surface area contributed by atoms with E-state index < -0.39 is 0 Å². The van der Waals surface area contributed by atoms with Crippen LogP contribution in [-0.4, -0.2) is 4.92 Å². The van der Waals surface area contributed by atoms with E-state index in [-0.39, 0.29) is 10.6 Å². The van der Waals surface area contributed by atoms with Crippen molar-refractivity contribution in [2.24, 2.45) is 0 Å². The van der Waals surface area contributed by atoms with Crippen LogP contribution in [0, 0.1) is 17.0 Å². The summed E-state index contributed by atoms with van der Waals surface area (Å²) in [4.78, 5) is 11.2. The summed E-state index contributed by atoms with van der Waals surface area (Å²) < 4.78 is 2.30. The van der Waals surface area contributed by atoms with Gasteiger partial charge < -0.3 is 0 Å². The molecule has 0 aliphatic heterocycles. The molecule has 0 saturated heterocycles. The van der Waals surface area contributed by atoms with E-state index in [1.807, 2.05) is 43.3 Å². The Morgan fingerprint density at radius 2 is 1.70 bits per heavy atom. The van der Waals surface area contributed by atoms with Gasteiger partial charge in [-0.15, -0.1) is 11.3 Å². The number of benzene rings is 3. The molecule has 3 aromatic carbocycles. The van der Waals surface area contributed by atoms with Crippen LogP contribution in [0.2, 0.25) is 0 Å². The summed E-state index contributed by atoms with van der Waals surface area (Å²) in [7, 11) is 0. The van der Waals surface area contributed by atoms with E-state index in [4.69, 9.17) is 0 Å². The quantitative estimate of drug-likeness (QED) is 0.339. The maximum absolute atomic E-state index is 11.5. The number of rotatable bonds is 2. The zero-order valence-corrected chi connectivity index (χ0v) is 13.3. The molecule has 3 nitrogen and oxygen atoms in total. The van der Waals surface area contributed by atoms with Crippen LogP contribution in [0.1, 0.15) is 5.56 Å². The van der Waals surface area contributed by atoms with Crippen LogP contribution in [0.5, 0.6) is 0 Å². The standard InChI is InChI=1S/C19H13NO2S/c1-12-9-10-13(17(11-12)20(21)22)15-6-4-7-16-14-5-2-3-8-18(14)23-19(15)16/h2-11H,1H3. The molecule has 0 N–H and O–H groups in total. The van der Waals surface area contributed by atoms with Gasteiger partial charge in [0.15, 0.2) is 0 Å². The number of fused-ring (bicyclic) bond motifs is 3. The SMILES string of the molecule is Cc1ccc(-c2cccc3c2sc2ccccc23)c([N+](=O)[O-])c1. The lowest BCUT2D eigenvalue weighted by Crippen LogP contribution is -1.93. The lowest BCUT2D eigenvalue weighted by Gasteiger charge is -2.06. The van der Waals surface area contributed by atoms with Crippen LogP contribution >= 0.6 is 11.3 Å². The van der Waals surface area contributed by atoms with Gasteiger partial charge in [0, 0.05) is 31.8 Å². The fraction of sp³-hybridized carbons (Fsp3) is 0.0526. The molecule has 0 spiro atoms. The molecule has 0 amide bonds. The predicted octanol–water partition coefficient (Wildman–Crippen LogP) is 5.94. The van der Waals surface area contributed by atoms with E-state index in [2.05, 4.69) is 18.2 Å². The molecule has 0 atom stereocenters. The molecule has 23 heavy (non-hydrogen) atoms. The summed E-state index contributed by atoms with van der Waals surface area (Å²) in [6.45, 7) is 1.87. The third-order valence-corrected chi connectivity index (χ3v) is 5.26. The van der Waals surface area contributed by atoms with Crippen molar-refractivity contribution in [2.75, 3.05) is 0 Å². The molecule has 4 rings (SSSR count). The molecule has 4 aromatic rings. The van der Waals surface area contributed by atoms with Gasteiger partial charge in [0.2, 0.25) is 0 Å². The molecule has 0 radical (unpaired) electrons. The first-order valence-electron chi connectivity index (χ1n) is 7.31. The Labute approximate surface area is 137 Å². The lowest BCUT2D eigenvalue weighted by atomic mass is 10.00. The van der Waals surface area contributed by atoms with Crippen molar-refractivity contribution >= 4 is 37.2 Å². The molecular formula is C19H13NO2S. The molecule has 4 heteroatoms. The Hall–Kier alpha value is -2.72. The van der Waals surface area contributed by atoms with Crippen molar-refractivity contribution in [3.63, 3.8) is 0 Å². The van der Waals surface area contributed by atoms with E-state index in [0.717, 1.165) is 21.2 Å². The summed E-state index contributed by atoms with van der Waals surface area (Å²) in [6.07, 6.45) is 0. The molecule has 112 valence electrons. The highest BCUT2D eigenvalue weighted by molar-refractivity contribution is 7.26. The third-order valence-electron chi connectivity index (χ3n) is 4.04. The van der Waals surface area contributed by atoms with E-state index in [1.165, 1.54) is 10.1 Å². The average Bonchev–Trinajstić information content (AvgIpc) is 2.93. The zero-order chi connectivity index (χ0) is 16.0. The Balaban J connectivity index is 2.09. The number of hydrogen-bond acceptors (Lipinski definition) is 3. The first-order chi connectivity index (χ1) is 11.1. The van der Waals surface area contributed by atoms with Crippen LogP contribution in [0.15, 0.2) is 60.7 Å². The number of nitrogens with zero attached hydrogens (tertiary/aromatic N) is 1. The minimum absolute atomic E-state index is 0.162. The Morgan fingerprint density at radius 1 is 0.913 bits per heavy atom. The van der Waals surface area contributed by atoms with Crippen LogP contribution in [0.4, 0.5) is 5.69 Å². The number of nitro groups is 1. The molecule has 0 aliphatic carbocycles. The Bertz CT molecular complexity index is 1070. The third kappa shape index (κ3) is 2.19. The van der Waals surface area contributed by atoms with E-state index >= 15 is 0 Å². The molecule has 0 saturated carbocycles. The van der Waals surface area contributed by atoms with Crippen LogP contribution < -0.4 is 0 Å². The molecule has 0 aliphatic rings. The minimum atomic E-state index is -0.297. The van der Waals surface area contributed by atoms with Crippen molar-refractivity contribution < 1.29 is 4.92 Å². The van der Waals surface area contributed by atoms with Crippen molar-refractivity contribution in [3.05, 3.63) is 76.3 Å². The molecular weight excluding hydrogens is 306 g/mol. The number of aryl methyl sites for hydroxylation is 1. The van der Waals surface area contributed by atoms with Crippen LogP contribution in [0.3, 0.4) is 0 Å². The highest BCUT2D eigenvalue weighted by Crippen LogP contribution is 2.42. The first-order valence-corrected chi connectivity index (χ1v) is 8.12. The van der Waals surface area contributed by atoms with Crippen LogP contribution in [-0.2, 0) is 0 Å². The van der Waals surface area contributed by atoms with Gasteiger partial charge in [-0.3, -0.25) is 10.1 Å². The predicted molar refractivity (Wildman–Crippen MR) is 96.2 cm³/mol. The van der Waals surface area contributed by atoms with Crippen molar-refractivity contribution in [1.82, 2.24) is 0 Å². The topological polar surface area (TPSA) is 43.1 Å². The van der Waals surface area contributed by atoms with Gasteiger partial charge in [-0.25, -0.2) is 0 Å². The van der Waals surface area contributed by atoms with E-state index in [9.17, 15) is 10.1 Å². The normalized spacial score (nSPS) is 11.2. The summed E-state index contributed by atoms with van der Waals surface area (Å²) in [5.74, 6) is 0. The monoisotopic (exact) mass is 319 g/mol. The van der Waals surface area contributed by atoms with E-state index in [1.54, 1.807) is 17.4 Å². The average molecular weight is 319 g/mol. The molecule has 0 fully saturated rings. The zero-order valence-electron chi connectivity index (χ0n) is 12.4. The smallest absolute Gasteiger partial charge is 0.258 e. The lowest BCUT2D eigenvalue weighted by molar-refractivity contribution is -0.384. The molecule has 1 aromatic heterocycles. The van der Waals surface area contributed by atoms with E-state index in [0.29, 0.717) is 5.56 Å². The van der Waals surface area contributed by atoms with Gasteiger partial charge in [0.05, 0.1) is 10.5 Å². The van der Waals surface area contributed by atoms with Crippen molar-refractivity contribution in [3.8, 4) is 11.1 Å². The second kappa shape index (κ2) is 5.18. The van der Waals surface area contributed by atoms with Gasteiger partial charge in [0.1, 0.15) is 0 Å². The minimum Gasteiger partial charge on any atom is -0.258 e. The van der Waals surface area contributed by atoms with Crippen molar-refractivity contribution in [2.45, 2.75) is 6.92 Å². The number of hydrogen-bond donors (Lipinski definition) is 0. The van der Waals surface area contributed by atoms with Crippen LogP contribution in [0.25, 0.3) is 31.3 Å². The Morgan fingerprint density at radius 3 is 2.52 bits per heavy atom. The summed E-state index contributed by atoms with van der Waals surface area (Å²) in [5.41, 5.74) is 2.66. The maximum Gasteiger partial charge on any atom is 0.277 e.